The SMILES string of the molecule is COc1c(C(=O)N(C)CC2CC2)cc(Cl)cc1S(N)(=O)=O. The maximum absolute atomic E-state index is 12.5. The maximum Gasteiger partial charge on any atom is 0.257 e. The number of carbonyl (C=O) groups excluding carboxylic acids is 1. The second-order valence-electron chi connectivity index (χ2n) is 5.16. The zero-order valence-electron chi connectivity index (χ0n) is 11.8. The molecule has 0 heterocycles. The van der Waals surface area contributed by atoms with Gasteiger partial charge in [-0.1, -0.05) is 11.6 Å². The summed E-state index contributed by atoms with van der Waals surface area (Å²) in [6.45, 7) is 0.624. The van der Waals surface area contributed by atoms with Gasteiger partial charge in [0.25, 0.3) is 5.91 Å². The molecular weight excluding hydrogens is 316 g/mol. The Kier molecular flexibility index (Phi) is 4.46. The molecule has 0 aromatic heterocycles. The van der Waals surface area contributed by atoms with Crippen molar-refractivity contribution >= 4 is 27.5 Å². The fourth-order valence-corrected chi connectivity index (χ4v) is 3.15. The van der Waals surface area contributed by atoms with Crippen molar-refractivity contribution in [3.63, 3.8) is 0 Å². The van der Waals surface area contributed by atoms with Gasteiger partial charge in [0.1, 0.15) is 4.90 Å². The third-order valence-electron chi connectivity index (χ3n) is 3.34. The van der Waals surface area contributed by atoms with E-state index in [1.165, 1.54) is 19.2 Å². The third kappa shape index (κ3) is 3.66. The summed E-state index contributed by atoms with van der Waals surface area (Å²) in [5.41, 5.74) is 0.0946. The highest BCUT2D eigenvalue weighted by Gasteiger charge is 2.29. The van der Waals surface area contributed by atoms with Crippen LogP contribution in [0.1, 0.15) is 23.2 Å². The Morgan fingerprint density at radius 3 is 2.57 bits per heavy atom. The standard InChI is InChI=1S/C13H17ClN2O4S/c1-16(7-8-3-4-8)13(17)10-5-9(14)6-11(12(10)20-2)21(15,18)19/h5-6,8H,3-4,7H2,1-2H3,(H2,15,18,19). The molecular formula is C13H17ClN2O4S. The second kappa shape index (κ2) is 5.82. The minimum atomic E-state index is -4.04. The lowest BCUT2D eigenvalue weighted by Gasteiger charge is -2.19. The van der Waals surface area contributed by atoms with E-state index in [4.69, 9.17) is 21.5 Å². The third-order valence-corrected chi connectivity index (χ3v) is 4.47. The fourth-order valence-electron chi connectivity index (χ4n) is 2.13. The van der Waals surface area contributed by atoms with Crippen LogP contribution in [0.4, 0.5) is 0 Å². The lowest BCUT2D eigenvalue weighted by atomic mass is 10.1. The predicted octanol–water partition coefficient (Wildman–Crippen LogP) is 1.48. The molecule has 1 amide bonds. The normalized spacial score (nSPS) is 14.9. The van der Waals surface area contributed by atoms with E-state index in [9.17, 15) is 13.2 Å². The molecule has 1 aliphatic carbocycles. The minimum Gasteiger partial charge on any atom is -0.494 e. The number of primary sulfonamides is 1. The first-order chi connectivity index (χ1) is 9.74. The zero-order valence-corrected chi connectivity index (χ0v) is 13.4. The highest BCUT2D eigenvalue weighted by molar-refractivity contribution is 7.89. The summed E-state index contributed by atoms with van der Waals surface area (Å²) < 4.78 is 28.3. The smallest absolute Gasteiger partial charge is 0.257 e. The van der Waals surface area contributed by atoms with E-state index in [2.05, 4.69) is 0 Å². The van der Waals surface area contributed by atoms with E-state index in [-0.39, 0.29) is 27.1 Å². The van der Waals surface area contributed by atoms with Crippen molar-refractivity contribution in [2.24, 2.45) is 11.1 Å². The number of carbonyl (C=O) groups is 1. The first-order valence-electron chi connectivity index (χ1n) is 6.40. The second-order valence-corrected chi connectivity index (χ2v) is 7.13. The number of hydrogen-bond acceptors (Lipinski definition) is 4. The van der Waals surface area contributed by atoms with Crippen LogP contribution in [0.2, 0.25) is 5.02 Å². The summed E-state index contributed by atoms with van der Waals surface area (Å²) >= 11 is 5.91. The summed E-state index contributed by atoms with van der Waals surface area (Å²) in [6.07, 6.45) is 2.21. The highest BCUT2D eigenvalue weighted by atomic mass is 35.5. The summed E-state index contributed by atoms with van der Waals surface area (Å²) in [5.74, 6) is 0.0996. The lowest BCUT2D eigenvalue weighted by Crippen LogP contribution is -2.29. The topological polar surface area (TPSA) is 89.7 Å². The molecule has 8 heteroatoms. The van der Waals surface area contributed by atoms with Gasteiger partial charge in [-0.05, 0) is 30.9 Å². The van der Waals surface area contributed by atoms with Crippen LogP contribution in [0.15, 0.2) is 17.0 Å². The largest absolute Gasteiger partial charge is 0.494 e. The average molecular weight is 333 g/mol. The number of ether oxygens (including phenoxy) is 1. The molecule has 1 aromatic carbocycles. The molecule has 0 aliphatic heterocycles. The minimum absolute atomic E-state index is 0.0745. The maximum atomic E-state index is 12.5. The van der Waals surface area contributed by atoms with Gasteiger partial charge in [-0.25, -0.2) is 13.6 Å². The molecule has 1 aromatic rings. The van der Waals surface area contributed by atoms with Crippen LogP contribution in [0.25, 0.3) is 0 Å². The monoisotopic (exact) mass is 332 g/mol. The Labute approximate surface area is 128 Å². The molecule has 1 fully saturated rings. The van der Waals surface area contributed by atoms with Crippen LogP contribution in [0.5, 0.6) is 5.75 Å². The van der Waals surface area contributed by atoms with E-state index >= 15 is 0 Å². The van der Waals surface area contributed by atoms with Gasteiger partial charge in [0.05, 0.1) is 12.7 Å². The van der Waals surface area contributed by atoms with Gasteiger partial charge < -0.3 is 9.64 Å². The van der Waals surface area contributed by atoms with Gasteiger partial charge in [-0.2, -0.15) is 0 Å². The van der Waals surface area contributed by atoms with E-state index in [0.29, 0.717) is 12.5 Å². The first-order valence-corrected chi connectivity index (χ1v) is 8.32. The van der Waals surface area contributed by atoms with Crippen LogP contribution in [0, 0.1) is 5.92 Å². The Morgan fingerprint density at radius 1 is 1.48 bits per heavy atom. The van der Waals surface area contributed by atoms with E-state index in [1.54, 1.807) is 11.9 Å². The number of halogens is 1. The fraction of sp³-hybridized carbons (Fsp3) is 0.462. The quantitative estimate of drug-likeness (QED) is 0.884. The van der Waals surface area contributed by atoms with E-state index < -0.39 is 10.0 Å². The van der Waals surface area contributed by atoms with Crippen molar-refractivity contribution in [1.82, 2.24) is 4.90 Å². The van der Waals surface area contributed by atoms with Gasteiger partial charge >= 0.3 is 0 Å². The molecule has 0 unspecified atom stereocenters. The van der Waals surface area contributed by atoms with Crippen LogP contribution < -0.4 is 9.88 Å². The van der Waals surface area contributed by atoms with Gasteiger partial charge in [0, 0.05) is 18.6 Å². The number of hydrogen-bond donors (Lipinski definition) is 1. The molecule has 116 valence electrons. The Bertz CT molecular complexity index is 671. The van der Waals surface area contributed by atoms with Gasteiger partial charge in [-0.15, -0.1) is 0 Å². The van der Waals surface area contributed by atoms with Crippen LogP contribution >= 0.6 is 11.6 Å². The molecule has 21 heavy (non-hydrogen) atoms. The Balaban J connectivity index is 2.46. The summed E-state index contributed by atoms with van der Waals surface area (Å²) in [6, 6.07) is 2.56. The van der Waals surface area contributed by atoms with Gasteiger partial charge in [0.15, 0.2) is 5.75 Å². The molecule has 0 bridgehead atoms. The van der Waals surface area contributed by atoms with Crippen molar-refractivity contribution in [3.05, 3.63) is 22.7 Å². The Hall–Kier alpha value is -1.31. The first kappa shape index (κ1) is 16.1. The highest BCUT2D eigenvalue weighted by Crippen LogP contribution is 2.33. The summed E-state index contributed by atoms with van der Waals surface area (Å²) in [7, 11) is -1.09. The van der Waals surface area contributed by atoms with E-state index in [0.717, 1.165) is 12.8 Å². The van der Waals surface area contributed by atoms with Crippen molar-refractivity contribution in [2.45, 2.75) is 17.7 Å². The molecule has 0 spiro atoms. The lowest BCUT2D eigenvalue weighted by molar-refractivity contribution is 0.0785. The number of nitrogens with zero attached hydrogens (tertiary/aromatic N) is 1. The predicted molar refractivity (Wildman–Crippen MR) is 79.1 cm³/mol. The number of nitrogens with two attached hydrogens (primary N) is 1. The molecule has 6 nitrogen and oxygen atoms in total. The number of sulfonamides is 1. The van der Waals surface area contributed by atoms with E-state index in [1.807, 2.05) is 0 Å². The summed E-state index contributed by atoms with van der Waals surface area (Å²) in [4.78, 5) is 13.7. The molecule has 2 rings (SSSR count). The molecule has 0 atom stereocenters. The Morgan fingerprint density at radius 2 is 2.10 bits per heavy atom. The van der Waals surface area contributed by atoms with Crippen molar-refractivity contribution in [1.29, 1.82) is 0 Å². The molecule has 2 N–H and O–H groups in total. The van der Waals surface area contributed by atoms with Crippen LogP contribution in [0.3, 0.4) is 0 Å². The van der Waals surface area contributed by atoms with Gasteiger partial charge in [-0.3, -0.25) is 4.79 Å². The number of rotatable bonds is 5. The number of benzene rings is 1. The molecule has 1 saturated carbocycles. The van der Waals surface area contributed by atoms with Crippen molar-refractivity contribution in [2.75, 3.05) is 20.7 Å². The van der Waals surface area contributed by atoms with Crippen molar-refractivity contribution in [3.8, 4) is 5.75 Å². The molecule has 1 aliphatic rings. The van der Waals surface area contributed by atoms with Crippen molar-refractivity contribution < 1.29 is 17.9 Å². The van der Waals surface area contributed by atoms with Crippen LogP contribution in [-0.4, -0.2) is 39.9 Å². The number of amides is 1. The molecule has 0 radical (unpaired) electrons. The van der Waals surface area contributed by atoms with Gasteiger partial charge in [0.2, 0.25) is 10.0 Å². The molecule has 0 saturated heterocycles. The zero-order chi connectivity index (χ0) is 15.8. The average Bonchev–Trinajstić information content (AvgIpc) is 3.19. The summed E-state index contributed by atoms with van der Waals surface area (Å²) in [5, 5.41) is 5.26. The number of methoxy groups -OCH3 is 1. The van der Waals surface area contributed by atoms with Crippen LogP contribution in [-0.2, 0) is 10.0 Å².